The number of anilines is 1. The van der Waals surface area contributed by atoms with Crippen LogP contribution in [0.5, 0.6) is 0 Å². The highest BCUT2D eigenvalue weighted by molar-refractivity contribution is 6.00. The number of amides is 1. The van der Waals surface area contributed by atoms with Gasteiger partial charge in [0.05, 0.1) is 11.6 Å². The van der Waals surface area contributed by atoms with Crippen LogP contribution in [0.15, 0.2) is 24.3 Å². The highest BCUT2D eigenvalue weighted by Crippen LogP contribution is 2.27. The van der Waals surface area contributed by atoms with Gasteiger partial charge in [-0.2, -0.15) is 0 Å². The van der Waals surface area contributed by atoms with Gasteiger partial charge in [-0.05, 0) is 40.1 Å². The van der Waals surface area contributed by atoms with Gasteiger partial charge < -0.3 is 14.7 Å². The van der Waals surface area contributed by atoms with Gasteiger partial charge in [0.15, 0.2) is 0 Å². The third-order valence-corrected chi connectivity index (χ3v) is 3.93. The molecule has 2 rings (SSSR count). The highest BCUT2D eigenvalue weighted by atomic mass is 16.2. The maximum atomic E-state index is 12.7. The summed E-state index contributed by atoms with van der Waals surface area (Å²) in [6, 6.07) is 8.43. The molecule has 0 N–H and O–H groups in total. The van der Waals surface area contributed by atoms with Gasteiger partial charge in [-0.3, -0.25) is 4.79 Å². The summed E-state index contributed by atoms with van der Waals surface area (Å²) in [6.07, 6.45) is 0. The Labute approximate surface area is 122 Å². The largest absolute Gasteiger partial charge is 0.368 e. The van der Waals surface area contributed by atoms with E-state index in [2.05, 4.69) is 44.8 Å². The molecule has 1 aromatic carbocycles. The van der Waals surface area contributed by atoms with Crippen molar-refractivity contribution < 1.29 is 4.79 Å². The first-order chi connectivity index (χ1) is 9.41. The summed E-state index contributed by atoms with van der Waals surface area (Å²) in [6.45, 7) is 5.86. The van der Waals surface area contributed by atoms with Crippen molar-refractivity contribution in [1.82, 2.24) is 9.80 Å². The zero-order chi connectivity index (χ0) is 14.9. The van der Waals surface area contributed by atoms with Gasteiger partial charge in [0.2, 0.25) is 0 Å². The maximum absolute atomic E-state index is 12.7. The fraction of sp³-hybridized carbons (Fsp3) is 0.562. The molecule has 1 aliphatic rings. The molecule has 4 nitrogen and oxygen atoms in total. The molecule has 0 bridgehead atoms. The predicted molar refractivity (Wildman–Crippen MR) is 83.4 cm³/mol. The van der Waals surface area contributed by atoms with Crippen LogP contribution in [0.3, 0.4) is 0 Å². The Hall–Kier alpha value is -1.55. The Kier molecular flexibility index (Phi) is 4.33. The van der Waals surface area contributed by atoms with Gasteiger partial charge in [0.1, 0.15) is 0 Å². The van der Waals surface area contributed by atoms with Crippen molar-refractivity contribution in [2.24, 2.45) is 0 Å². The van der Waals surface area contributed by atoms with Gasteiger partial charge in [0.25, 0.3) is 5.91 Å². The molecule has 4 heteroatoms. The van der Waals surface area contributed by atoms with Crippen LogP contribution < -0.4 is 4.90 Å². The molecular formula is C16H25N3O. The van der Waals surface area contributed by atoms with Crippen LogP contribution in [-0.4, -0.2) is 62.0 Å². The van der Waals surface area contributed by atoms with Crippen LogP contribution in [0.25, 0.3) is 0 Å². The minimum absolute atomic E-state index is 0.142. The molecule has 0 spiro atoms. The molecule has 0 radical (unpaired) electrons. The van der Waals surface area contributed by atoms with E-state index in [1.54, 1.807) is 0 Å². The number of rotatable bonds is 3. The number of carbonyl (C=O) groups is 1. The maximum Gasteiger partial charge on any atom is 0.256 e. The van der Waals surface area contributed by atoms with E-state index in [0.29, 0.717) is 6.04 Å². The van der Waals surface area contributed by atoms with E-state index in [0.717, 1.165) is 24.3 Å². The van der Waals surface area contributed by atoms with E-state index in [1.807, 2.05) is 29.2 Å². The first-order valence-electron chi connectivity index (χ1n) is 7.19. The van der Waals surface area contributed by atoms with Crippen LogP contribution in [0.2, 0.25) is 0 Å². The Morgan fingerprint density at radius 3 is 2.55 bits per heavy atom. The summed E-state index contributed by atoms with van der Waals surface area (Å²) >= 11 is 0. The van der Waals surface area contributed by atoms with Crippen molar-refractivity contribution in [3.05, 3.63) is 29.8 Å². The monoisotopic (exact) mass is 275 g/mol. The molecule has 0 fully saturated rings. The fourth-order valence-corrected chi connectivity index (χ4v) is 2.79. The van der Waals surface area contributed by atoms with Gasteiger partial charge >= 0.3 is 0 Å². The summed E-state index contributed by atoms with van der Waals surface area (Å²) in [4.78, 5) is 19.1. The predicted octanol–water partition coefficient (Wildman–Crippen LogP) is 1.92. The van der Waals surface area contributed by atoms with Gasteiger partial charge in [-0.15, -0.1) is 0 Å². The molecule has 0 saturated heterocycles. The van der Waals surface area contributed by atoms with E-state index in [9.17, 15) is 4.79 Å². The van der Waals surface area contributed by atoms with Gasteiger partial charge in [0, 0.05) is 31.9 Å². The second-order valence-electron chi connectivity index (χ2n) is 6.10. The van der Waals surface area contributed by atoms with Crippen LogP contribution in [0.4, 0.5) is 5.69 Å². The number of nitrogens with zero attached hydrogens (tertiary/aromatic N) is 3. The summed E-state index contributed by atoms with van der Waals surface area (Å²) < 4.78 is 0. The molecule has 1 aliphatic heterocycles. The lowest BCUT2D eigenvalue weighted by Crippen LogP contribution is -2.48. The Morgan fingerprint density at radius 2 is 1.95 bits per heavy atom. The van der Waals surface area contributed by atoms with E-state index < -0.39 is 0 Å². The molecule has 1 heterocycles. The van der Waals surface area contributed by atoms with Crippen molar-refractivity contribution in [2.75, 3.05) is 39.1 Å². The highest BCUT2D eigenvalue weighted by Gasteiger charge is 2.31. The molecular weight excluding hydrogens is 250 g/mol. The van der Waals surface area contributed by atoms with Crippen LogP contribution >= 0.6 is 0 Å². The van der Waals surface area contributed by atoms with E-state index in [4.69, 9.17) is 0 Å². The Bertz CT molecular complexity index is 484. The molecule has 1 unspecified atom stereocenters. The fourth-order valence-electron chi connectivity index (χ4n) is 2.79. The number of para-hydroxylation sites is 1. The molecule has 110 valence electrons. The van der Waals surface area contributed by atoms with Crippen molar-refractivity contribution in [3.63, 3.8) is 0 Å². The van der Waals surface area contributed by atoms with Crippen molar-refractivity contribution >= 4 is 11.6 Å². The zero-order valence-electron chi connectivity index (χ0n) is 13.1. The lowest BCUT2D eigenvalue weighted by Gasteiger charge is -2.34. The molecule has 1 aromatic rings. The standard InChI is InChI=1S/C16H25N3O/c1-12(2)19-11-13(10-17(3)4)18(5)15-9-7-6-8-14(15)16(19)20/h6-9,12-13H,10-11H2,1-5H3. The van der Waals surface area contributed by atoms with Crippen LogP contribution in [0.1, 0.15) is 24.2 Å². The number of fused-ring (bicyclic) bond motifs is 1. The Morgan fingerprint density at radius 1 is 1.30 bits per heavy atom. The van der Waals surface area contributed by atoms with E-state index >= 15 is 0 Å². The number of hydrogen-bond acceptors (Lipinski definition) is 3. The van der Waals surface area contributed by atoms with Crippen LogP contribution in [0, 0.1) is 0 Å². The van der Waals surface area contributed by atoms with Crippen molar-refractivity contribution in [3.8, 4) is 0 Å². The smallest absolute Gasteiger partial charge is 0.256 e. The first kappa shape index (κ1) is 14.9. The summed E-state index contributed by atoms with van der Waals surface area (Å²) in [5, 5.41) is 0. The average Bonchev–Trinajstić information content (AvgIpc) is 2.49. The number of benzene rings is 1. The SMILES string of the molecule is CC(C)N1CC(CN(C)C)N(C)c2ccccc2C1=O. The third-order valence-electron chi connectivity index (χ3n) is 3.93. The van der Waals surface area contributed by atoms with Gasteiger partial charge in [-0.25, -0.2) is 0 Å². The van der Waals surface area contributed by atoms with Crippen molar-refractivity contribution in [1.29, 1.82) is 0 Å². The van der Waals surface area contributed by atoms with Crippen molar-refractivity contribution in [2.45, 2.75) is 25.9 Å². The molecule has 0 aliphatic carbocycles. The third kappa shape index (κ3) is 2.80. The zero-order valence-corrected chi connectivity index (χ0v) is 13.1. The lowest BCUT2D eigenvalue weighted by molar-refractivity contribution is 0.0697. The molecule has 20 heavy (non-hydrogen) atoms. The molecule has 0 aromatic heterocycles. The molecule has 0 saturated carbocycles. The minimum atomic E-state index is 0.142. The lowest BCUT2D eigenvalue weighted by atomic mass is 10.1. The average molecular weight is 275 g/mol. The molecule has 1 amide bonds. The summed E-state index contributed by atoms with van der Waals surface area (Å²) in [5.74, 6) is 0.142. The van der Waals surface area contributed by atoms with E-state index in [-0.39, 0.29) is 11.9 Å². The van der Waals surface area contributed by atoms with E-state index in [1.165, 1.54) is 0 Å². The molecule has 1 atom stereocenters. The Balaban J connectivity index is 2.44. The van der Waals surface area contributed by atoms with Gasteiger partial charge in [-0.1, -0.05) is 12.1 Å². The second kappa shape index (κ2) is 5.83. The topological polar surface area (TPSA) is 26.8 Å². The minimum Gasteiger partial charge on any atom is -0.368 e. The second-order valence-corrected chi connectivity index (χ2v) is 6.10. The van der Waals surface area contributed by atoms with Crippen LogP contribution in [-0.2, 0) is 0 Å². The summed E-state index contributed by atoms with van der Waals surface area (Å²) in [7, 11) is 6.24. The quantitative estimate of drug-likeness (QED) is 0.843. The summed E-state index contributed by atoms with van der Waals surface area (Å²) in [5.41, 5.74) is 1.84. The number of likely N-dealkylation sites (N-methyl/N-ethyl adjacent to an activating group) is 2. The number of carbonyl (C=O) groups excluding carboxylic acids is 1. The first-order valence-corrected chi connectivity index (χ1v) is 7.19. The normalized spacial score (nSPS) is 19.6. The number of hydrogen-bond donors (Lipinski definition) is 0.